The van der Waals surface area contributed by atoms with Crippen molar-refractivity contribution in [3.63, 3.8) is 0 Å². The van der Waals surface area contributed by atoms with E-state index in [4.69, 9.17) is 0 Å². The minimum absolute atomic E-state index is 0.839. The summed E-state index contributed by atoms with van der Waals surface area (Å²) in [4.78, 5) is 9.35. The van der Waals surface area contributed by atoms with Crippen molar-refractivity contribution in [2.75, 3.05) is 6.54 Å². The van der Waals surface area contributed by atoms with Crippen LogP contribution in [0.3, 0.4) is 0 Å². The minimum Gasteiger partial charge on any atom is -0.312 e. The van der Waals surface area contributed by atoms with E-state index in [0.29, 0.717) is 0 Å². The Hall–Kier alpha value is -1.26. The predicted octanol–water partition coefficient (Wildman–Crippen LogP) is 1.87. The van der Waals surface area contributed by atoms with Gasteiger partial charge in [0.05, 0.1) is 0 Å². The molecule has 0 aliphatic carbocycles. The van der Waals surface area contributed by atoms with E-state index in [1.165, 1.54) is 4.88 Å². The van der Waals surface area contributed by atoms with Gasteiger partial charge in [-0.1, -0.05) is 6.07 Å². The van der Waals surface area contributed by atoms with E-state index in [-0.39, 0.29) is 0 Å². The molecule has 78 valence electrons. The van der Waals surface area contributed by atoms with Crippen molar-refractivity contribution in [3.05, 3.63) is 46.7 Å². The average molecular weight is 219 g/mol. The Morgan fingerprint density at radius 3 is 2.87 bits per heavy atom. The van der Waals surface area contributed by atoms with Crippen LogP contribution in [0.4, 0.5) is 0 Å². The molecule has 0 aromatic carbocycles. The van der Waals surface area contributed by atoms with Crippen LogP contribution in [0.25, 0.3) is 0 Å². The summed E-state index contributed by atoms with van der Waals surface area (Å²) in [6, 6.07) is 4.25. The molecule has 2 aromatic rings. The second kappa shape index (κ2) is 5.58. The van der Waals surface area contributed by atoms with Crippen LogP contribution in [0.15, 0.2) is 36.2 Å². The van der Waals surface area contributed by atoms with Crippen molar-refractivity contribution in [2.45, 2.75) is 13.0 Å². The first-order chi connectivity index (χ1) is 7.45. The van der Waals surface area contributed by atoms with Crippen molar-refractivity contribution in [3.8, 4) is 0 Å². The van der Waals surface area contributed by atoms with Gasteiger partial charge in [-0.2, -0.15) is 0 Å². The quantitative estimate of drug-likeness (QED) is 0.780. The topological polar surface area (TPSA) is 37.8 Å². The van der Waals surface area contributed by atoms with Gasteiger partial charge in [0, 0.05) is 35.9 Å². The van der Waals surface area contributed by atoms with Crippen LogP contribution in [-0.4, -0.2) is 16.5 Å². The molecule has 2 rings (SSSR count). The van der Waals surface area contributed by atoms with Gasteiger partial charge in [-0.15, -0.1) is 11.3 Å². The fourth-order valence-corrected chi connectivity index (χ4v) is 2.03. The Morgan fingerprint density at radius 1 is 1.27 bits per heavy atom. The molecule has 0 amide bonds. The van der Waals surface area contributed by atoms with Crippen LogP contribution in [0.1, 0.15) is 10.4 Å². The van der Waals surface area contributed by atoms with Crippen LogP contribution in [0.2, 0.25) is 0 Å². The molecule has 0 saturated heterocycles. The molecule has 0 bridgehead atoms. The summed E-state index contributed by atoms with van der Waals surface area (Å²) in [7, 11) is 0. The lowest BCUT2D eigenvalue weighted by molar-refractivity contribution is 0.686. The first-order valence-electron chi connectivity index (χ1n) is 4.92. The van der Waals surface area contributed by atoms with E-state index >= 15 is 0 Å². The van der Waals surface area contributed by atoms with Gasteiger partial charge in [0.2, 0.25) is 0 Å². The predicted molar refractivity (Wildman–Crippen MR) is 61.8 cm³/mol. The molecule has 1 N–H and O–H groups in total. The number of nitrogens with one attached hydrogen (secondary N) is 1. The van der Waals surface area contributed by atoms with Gasteiger partial charge in [0.1, 0.15) is 6.33 Å². The lowest BCUT2D eigenvalue weighted by Crippen LogP contribution is -2.16. The lowest BCUT2D eigenvalue weighted by atomic mass is 10.3. The average Bonchev–Trinajstić information content (AvgIpc) is 2.79. The second-order valence-corrected chi connectivity index (χ2v) is 4.29. The Morgan fingerprint density at radius 2 is 2.13 bits per heavy atom. The molecule has 2 heterocycles. The van der Waals surface area contributed by atoms with Gasteiger partial charge in [0.15, 0.2) is 0 Å². The SMILES string of the molecule is c1csc(CCNCc2cncnc2)c1. The Balaban J connectivity index is 1.68. The first kappa shape index (κ1) is 10.3. The van der Waals surface area contributed by atoms with Gasteiger partial charge in [-0.05, 0) is 17.9 Å². The van der Waals surface area contributed by atoms with Gasteiger partial charge in [-0.3, -0.25) is 0 Å². The van der Waals surface area contributed by atoms with Crippen molar-refractivity contribution in [2.24, 2.45) is 0 Å². The van der Waals surface area contributed by atoms with Crippen LogP contribution >= 0.6 is 11.3 Å². The van der Waals surface area contributed by atoms with Gasteiger partial charge >= 0.3 is 0 Å². The van der Waals surface area contributed by atoms with Crippen LogP contribution < -0.4 is 5.32 Å². The van der Waals surface area contributed by atoms with E-state index in [9.17, 15) is 0 Å². The number of nitrogens with zero attached hydrogens (tertiary/aromatic N) is 2. The maximum absolute atomic E-state index is 3.96. The Kier molecular flexibility index (Phi) is 3.82. The van der Waals surface area contributed by atoms with Crippen molar-refractivity contribution < 1.29 is 0 Å². The lowest BCUT2D eigenvalue weighted by Gasteiger charge is -2.02. The molecule has 0 aliphatic rings. The highest BCUT2D eigenvalue weighted by molar-refractivity contribution is 7.09. The monoisotopic (exact) mass is 219 g/mol. The molecular weight excluding hydrogens is 206 g/mol. The molecule has 15 heavy (non-hydrogen) atoms. The fraction of sp³-hybridized carbons (Fsp3) is 0.273. The Labute approximate surface area is 93.2 Å². The van der Waals surface area contributed by atoms with E-state index in [1.807, 2.05) is 12.4 Å². The zero-order valence-corrected chi connectivity index (χ0v) is 9.20. The van der Waals surface area contributed by atoms with Gasteiger partial charge in [0.25, 0.3) is 0 Å². The number of hydrogen-bond donors (Lipinski definition) is 1. The summed E-state index contributed by atoms with van der Waals surface area (Å²) < 4.78 is 0. The highest BCUT2D eigenvalue weighted by Crippen LogP contribution is 2.08. The molecule has 2 aromatic heterocycles. The summed E-state index contributed by atoms with van der Waals surface area (Å²) in [5.74, 6) is 0. The molecule has 0 aliphatic heterocycles. The van der Waals surface area contributed by atoms with Crippen molar-refractivity contribution in [1.29, 1.82) is 0 Å². The fourth-order valence-electron chi connectivity index (χ4n) is 1.32. The molecule has 3 nitrogen and oxygen atoms in total. The summed E-state index contributed by atoms with van der Waals surface area (Å²) in [5, 5.41) is 5.48. The summed E-state index contributed by atoms with van der Waals surface area (Å²) in [6.07, 6.45) is 6.32. The maximum atomic E-state index is 3.96. The third kappa shape index (κ3) is 3.42. The van der Waals surface area contributed by atoms with E-state index in [2.05, 4.69) is 32.8 Å². The normalized spacial score (nSPS) is 10.4. The summed E-state index contributed by atoms with van der Waals surface area (Å²) >= 11 is 1.80. The van der Waals surface area contributed by atoms with Gasteiger partial charge < -0.3 is 5.32 Å². The zero-order chi connectivity index (χ0) is 10.3. The highest BCUT2D eigenvalue weighted by Gasteiger charge is 1.94. The van der Waals surface area contributed by atoms with Crippen LogP contribution in [-0.2, 0) is 13.0 Å². The van der Waals surface area contributed by atoms with Crippen LogP contribution in [0, 0.1) is 0 Å². The summed E-state index contributed by atoms with van der Waals surface area (Å²) in [6.45, 7) is 1.83. The minimum atomic E-state index is 0.839. The molecule has 4 heteroatoms. The van der Waals surface area contributed by atoms with E-state index in [0.717, 1.165) is 25.1 Å². The number of hydrogen-bond acceptors (Lipinski definition) is 4. The smallest absolute Gasteiger partial charge is 0.115 e. The third-order valence-electron chi connectivity index (χ3n) is 2.07. The third-order valence-corrected chi connectivity index (χ3v) is 3.01. The number of aromatic nitrogens is 2. The van der Waals surface area contributed by atoms with Crippen LogP contribution in [0.5, 0.6) is 0 Å². The maximum Gasteiger partial charge on any atom is 0.115 e. The number of thiophene rings is 1. The molecule has 0 saturated carbocycles. The van der Waals surface area contributed by atoms with E-state index < -0.39 is 0 Å². The van der Waals surface area contributed by atoms with E-state index in [1.54, 1.807) is 17.7 Å². The molecule has 0 fully saturated rings. The van der Waals surface area contributed by atoms with Crippen molar-refractivity contribution >= 4 is 11.3 Å². The second-order valence-electron chi connectivity index (χ2n) is 3.25. The molecule has 0 radical (unpaired) electrons. The molecule has 0 atom stereocenters. The highest BCUT2D eigenvalue weighted by atomic mass is 32.1. The molecule has 0 spiro atoms. The molecule has 0 unspecified atom stereocenters. The molecular formula is C11H13N3S. The largest absolute Gasteiger partial charge is 0.312 e. The standard InChI is InChI=1S/C11H13N3S/c1-2-11(15-5-1)3-4-12-6-10-7-13-9-14-8-10/h1-2,5,7-9,12H,3-4,6H2. The van der Waals surface area contributed by atoms with Crippen molar-refractivity contribution in [1.82, 2.24) is 15.3 Å². The summed E-state index contributed by atoms with van der Waals surface area (Å²) in [5.41, 5.74) is 1.13. The van der Waals surface area contributed by atoms with Gasteiger partial charge in [-0.25, -0.2) is 9.97 Å². The first-order valence-corrected chi connectivity index (χ1v) is 5.80. The Bertz CT molecular complexity index is 372. The zero-order valence-electron chi connectivity index (χ0n) is 8.39. The number of rotatable bonds is 5.